The van der Waals surface area contributed by atoms with E-state index in [1.165, 1.54) is 0 Å². The topological polar surface area (TPSA) is 72.4 Å². The van der Waals surface area contributed by atoms with Crippen LogP contribution >= 0.6 is 11.3 Å². The Morgan fingerprint density at radius 1 is 1.36 bits per heavy atom. The van der Waals surface area contributed by atoms with Crippen LogP contribution in [0.3, 0.4) is 0 Å². The highest BCUT2D eigenvalue weighted by Crippen LogP contribution is 2.26. The fourth-order valence-electron chi connectivity index (χ4n) is 2.88. The number of aryl methyl sites for hydroxylation is 1. The van der Waals surface area contributed by atoms with Crippen LogP contribution in [0, 0.1) is 6.92 Å². The van der Waals surface area contributed by atoms with E-state index in [1.54, 1.807) is 30.7 Å². The number of morpholine rings is 1. The largest absolute Gasteiger partial charge is 0.495 e. The number of ether oxygens (including phenoxy) is 2. The first-order valence-corrected chi connectivity index (χ1v) is 9.92. The maximum atomic E-state index is 5.62. The van der Waals surface area contributed by atoms with E-state index in [1.807, 2.05) is 31.5 Å². The van der Waals surface area contributed by atoms with Crippen LogP contribution in [0.2, 0.25) is 0 Å². The highest BCUT2D eigenvalue weighted by atomic mass is 32.1. The van der Waals surface area contributed by atoms with Crippen LogP contribution in [0.25, 0.3) is 10.6 Å². The zero-order valence-electron chi connectivity index (χ0n) is 16.4. The molecule has 0 aliphatic carbocycles. The van der Waals surface area contributed by atoms with Crippen molar-refractivity contribution in [3.05, 3.63) is 59.4 Å². The van der Waals surface area contributed by atoms with E-state index >= 15 is 0 Å². The summed E-state index contributed by atoms with van der Waals surface area (Å²) in [4.78, 5) is 16.5. The summed E-state index contributed by atoms with van der Waals surface area (Å²) in [5.74, 6) is 1.26. The van der Waals surface area contributed by atoms with Gasteiger partial charge in [-0.1, -0.05) is 6.58 Å². The SMILES string of the molecule is C=C/C(=C\C(OC)=C(/C)N1CCOCC1)Nc1nccc(-c2scnc2C)n1. The number of nitrogens with zero attached hydrogens (tertiary/aromatic N) is 4. The number of rotatable bonds is 7. The Labute approximate surface area is 169 Å². The second-order valence-corrected chi connectivity index (χ2v) is 7.07. The van der Waals surface area contributed by atoms with Gasteiger partial charge in [-0.3, -0.25) is 0 Å². The number of thiazole rings is 1. The normalized spacial score (nSPS) is 15.8. The second kappa shape index (κ2) is 9.48. The van der Waals surface area contributed by atoms with Gasteiger partial charge >= 0.3 is 0 Å². The van der Waals surface area contributed by atoms with Crippen LogP contribution in [-0.4, -0.2) is 53.3 Å². The molecule has 8 heteroatoms. The number of methoxy groups -OCH3 is 1. The number of hydrogen-bond donors (Lipinski definition) is 1. The molecule has 3 heterocycles. The molecule has 3 rings (SSSR count). The van der Waals surface area contributed by atoms with Crippen LogP contribution in [0.15, 0.2) is 53.7 Å². The van der Waals surface area contributed by atoms with E-state index < -0.39 is 0 Å². The average molecular weight is 400 g/mol. The Balaban J connectivity index is 1.83. The Kier molecular flexibility index (Phi) is 6.78. The maximum Gasteiger partial charge on any atom is 0.227 e. The fourth-order valence-corrected chi connectivity index (χ4v) is 3.65. The first-order valence-electron chi connectivity index (χ1n) is 9.04. The van der Waals surface area contributed by atoms with Crippen LogP contribution < -0.4 is 5.32 Å². The summed E-state index contributed by atoms with van der Waals surface area (Å²) in [5, 5.41) is 3.22. The fraction of sp³-hybridized carbons (Fsp3) is 0.350. The van der Waals surface area contributed by atoms with Gasteiger partial charge in [0.05, 0.1) is 47.8 Å². The third kappa shape index (κ3) is 4.76. The molecule has 1 saturated heterocycles. The standard InChI is InChI=1S/C20H25N5O2S/c1-5-16(12-18(26-4)15(3)25-8-10-27-11-9-25)23-20-21-7-6-17(24-20)19-14(2)22-13-28-19/h5-7,12-13H,1,8-11H2,2-4H3,(H,21,23,24)/b16-12+,18-15-. The summed E-state index contributed by atoms with van der Waals surface area (Å²) in [5.41, 5.74) is 5.43. The lowest BCUT2D eigenvalue weighted by Gasteiger charge is -2.30. The molecule has 1 aliphatic rings. The molecule has 1 aliphatic heterocycles. The van der Waals surface area contributed by atoms with Gasteiger partial charge in [-0.25, -0.2) is 15.0 Å². The first-order chi connectivity index (χ1) is 13.6. The molecule has 2 aromatic heterocycles. The quantitative estimate of drug-likeness (QED) is 0.563. The molecule has 0 spiro atoms. The van der Waals surface area contributed by atoms with Crippen molar-refractivity contribution in [3.8, 4) is 10.6 Å². The first kappa shape index (κ1) is 20.0. The van der Waals surface area contributed by atoms with Gasteiger partial charge in [-0.05, 0) is 26.0 Å². The summed E-state index contributed by atoms with van der Waals surface area (Å²) >= 11 is 1.56. The van der Waals surface area contributed by atoms with E-state index in [0.717, 1.165) is 59.7 Å². The average Bonchev–Trinajstić information content (AvgIpc) is 3.17. The summed E-state index contributed by atoms with van der Waals surface area (Å²) in [6.45, 7) is 11.1. The molecule has 0 bridgehead atoms. The van der Waals surface area contributed by atoms with E-state index in [2.05, 4.69) is 31.7 Å². The minimum atomic E-state index is 0.496. The molecule has 28 heavy (non-hydrogen) atoms. The molecule has 0 saturated carbocycles. The predicted octanol–water partition coefficient (Wildman–Crippen LogP) is 3.60. The Hall–Kier alpha value is -2.71. The van der Waals surface area contributed by atoms with Crippen molar-refractivity contribution in [2.45, 2.75) is 13.8 Å². The Bertz CT molecular complexity index is 884. The van der Waals surface area contributed by atoms with Gasteiger partial charge in [0.25, 0.3) is 0 Å². The highest BCUT2D eigenvalue weighted by molar-refractivity contribution is 7.13. The molecular weight excluding hydrogens is 374 g/mol. The number of nitrogens with one attached hydrogen (secondary N) is 1. The van der Waals surface area contributed by atoms with Crippen LogP contribution in [0.4, 0.5) is 5.95 Å². The van der Waals surface area contributed by atoms with E-state index in [0.29, 0.717) is 5.95 Å². The molecule has 0 amide bonds. The zero-order valence-corrected chi connectivity index (χ0v) is 17.3. The molecule has 0 radical (unpaired) electrons. The van der Waals surface area contributed by atoms with Gasteiger partial charge in [0.1, 0.15) is 5.76 Å². The van der Waals surface area contributed by atoms with Crippen molar-refractivity contribution in [3.63, 3.8) is 0 Å². The number of hydrogen-bond acceptors (Lipinski definition) is 8. The molecular formula is C20H25N5O2S. The Morgan fingerprint density at radius 2 is 2.14 bits per heavy atom. The van der Waals surface area contributed by atoms with Gasteiger partial charge in [-0.2, -0.15) is 0 Å². The van der Waals surface area contributed by atoms with Gasteiger partial charge < -0.3 is 19.7 Å². The monoisotopic (exact) mass is 399 g/mol. The van der Waals surface area contributed by atoms with Crippen molar-refractivity contribution in [1.82, 2.24) is 19.9 Å². The van der Waals surface area contributed by atoms with E-state index in [4.69, 9.17) is 9.47 Å². The molecule has 7 nitrogen and oxygen atoms in total. The van der Waals surface area contributed by atoms with E-state index in [-0.39, 0.29) is 0 Å². The lowest BCUT2D eigenvalue weighted by atomic mass is 10.2. The lowest BCUT2D eigenvalue weighted by molar-refractivity contribution is 0.0513. The summed E-state index contributed by atoms with van der Waals surface area (Å²) < 4.78 is 11.0. The molecule has 2 aromatic rings. The van der Waals surface area contributed by atoms with Crippen LogP contribution in [0.1, 0.15) is 12.6 Å². The van der Waals surface area contributed by atoms with Gasteiger partial charge in [-0.15, -0.1) is 11.3 Å². The molecule has 1 N–H and O–H groups in total. The van der Waals surface area contributed by atoms with Crippen molar-refractivity contribution >= 4 is 17.3 Å². The number of anilines is 1. The van der Waals surface area contributed by atoms with Gasteiger partial charge in [0.15, 0.2) is 0 Å². The summed E-state index contributed by atoms with van der Waals surface area (Å²) in [6.07, 6.45) is 5.36. The Morgan fingerprint density at radius 3 is 2.79 bits per heavy atom. The predicted molar refractivity (Wildman–Crippen MR) is 112 cm³/mol. The van der Waals surface area contributed by atoms with Gasteiger partial charge in [0.2, 0.25) is 5.95 Å². The van der Waals surface area contributed by atoms with Gasteiger partial charge in [0, 0.05) is 31.1 Å². The second-order valence-electron chi connectivity index (χ2n) is 6.21. The summed E-state index contributed by atoms with van der Waals surface area (Å²) in [6, 6.07) is 1.88. The molecule has 1 fully saturated rings. The smallest absolute Gasteiger partial charge is 0.227 e. The van der Waals surface area contributed by atoms with Crippen molar-refractivity contribution in [2.24, 2.45) is 0 Å². The molecule has 0 atom stereocenters. The molecule has 148 valence electrons. The third-order valence-corrected chi connectivity index (χ3v) is 5.41. The van der Waals surface area contributed by atoms with Crippen molar-refractivity contribution in [2.75, 3.05) is 38.7 Å². The highest BCUT2D eigenvalue weighted by Gasteiger charge is 2.14. The molecule has 0 unspecified atom stereocenters. The van der Waals surface area contributed by atoms with Crippen molar-refractivity contribution in [1.29, 1.82) is 0 Å². The maximum absolute atomic E-state index is 5.62. The van der Waals surface area contributed by atoms with Crippen LogP contribution in [-0.2, 0) is 9.47 Å². The number of aromatic nitrogens is 3. The number of allylic oxidation sites excluding steroid dienone is 3. The minimum Gasteiger partial charge on any atom is -0.495 e. The molecule has 0 aromatic carbocycles. The zero-order chi connectivity index (χ0) is 19.9. The lowest BCUT2D eigenvalue weighted by Crippen LogP contribution is -2.35. The third-order valence-electron chi connectivity index (χ3n) is 4.46. The van der Waals surface area contributed by atoms with E-state index in [9.17, 15) is 0 Å². The summed E-state index contributed by atoms with van der Waals surface area (Å²) in [7, 11) is 1.67. The van der Waals surface area contributed by atoms with Crippen molar-refractivity contribution < 1.29 is 9.47 Å². The van der Waals surface area contributed by atoms with Crippen LogP contribution in [0.5, 0.6) is 0 Å². The minimum absolute atomic E-state index is 0.496.